The summed E-state index contributed by atoms with van der Waals surface area (Å²) in [6, 6.07) is 13.8. The molecule has 1 N–H and O–H groups in total. The van der Waals surface area contributed by atoms with E-state index in [4.69, 9.17) is 4.74 Å². The molecule has 6 nitrogen and oxygen atoms in total. The number of benzene rings is 2. The molecule has 2 aromatic carbocycles. The number of carbonyl (C=O) groups excluding carboxylic acids is 1. The molecule has 0 bridgehead atoms. The highest BCUT2D eigenvalue weighted by Crippen LogP contribution is 2.23. The number of para-hydroxylation sites is 1. The number of aryl methyl sites for hydroxylation is 1. The van der Waals surface area contributed by atoms with E-state index in [2.05, 4.69) is 5.32 Å². The zero-order chi connectivity index (χ0) is 20.0. The van der Waals surface area contributed by atoms with E-state index in [0.29, 0.717) is 24.5 Å². The van der Waals surface area contributed by atoms with Gasteiger partial charge in [-0.1, -0.05) is 37.1 Å². The molecule has 0 radical (unpaired) electrons. The number of amides is 1. The van der Waals surface area contributed by atoms with E-state index >= 15 is 0 Å². The van der Waals surface area contributed by atoms with Gasteiger partial charge in [0.15, 0.2) is 6.61 Å². The lowest BCUT2D eigenvalue weighted by Gasteiger charge is -2.20. The van der Waals surface area contributed by atoms with Crippen molar-refractivity contribution in [3.05, 3.63) is 54.1 Å². The number of hydrogen-bond acceptors (Lipinski definition) is 4. The quantitative estimate of drug-likeness (QED) is 0.801. The van der Waals surface area contributed by atoms with Crippen molar-refractivity contribution in [1.82, 2.24) is 4.31 Å². The summed E-state index contributed by atoms with van der Waals surface area (Å²) in [6.07, 6.45) is 3.88. The van der Waals surface area contributed by atoms with Gasteiger partial charge in [-0.3, -0.25) is 4.79 Å². The van der Waals surface area contributed by atoms with Gasteiger partial charge in [-0.15, -0.1) is 0 Å². The van der Waals surface area contributed by atoms with Gasteiger partial charge < -0.3 is 10.1 Å². The van der Waals surface area contributed by atoms with Gasteiger partial charge in [-0.2, -0.15) is 4.31 Å². The van der Waals surface area contributed by atoms with E-state index in [1.807, 2.05) is 25.1 Å². The predicted octanol–water partition coefficient (Wildman–Crippen LogP) is 3.58. The third-order valence-electron chi connectivity index (χ3n) is 4.77. The first kappa shape index (κ1) is 20.4. The summed E-state index contributed by atoms with van der Waals surface area (Å²) in [6.45, 7) is 2.85. The Labute approximate surface area is 166 Å². The normalized spacial score (nSPS) is 15.6. The van der Waals surface area contributed by atoms with Crippen molar-refractivity contribution < 1.29 is 17.9 Å². The van der Waals surface area contributed by atoms with Gasteiger partial charge in [0, 0.05) is 18.8 Å². The largest absolute Gasteiger partial charge is 0.483 e. The number of rotatable bonds is 6. The van der Waals surface area contributed by atoms with E-state index in [1.165, 1.54) is 6.07 Å². The maximum atomic E-state index is 12.9. The molecule has 0 spiro atoms. The zero-order valence-electron chi connectivity index (χ0n) is 16.1. The first-order chi connectivity index (χ1) is 13.5. The molecular weight excluding hydrogens is 376 g/mol. The number of ether oxygens (including phenoxy) is 1. The second-order valence-corrected chi connectivity index (χ2v) is 8.89. The molecule has 3 rings (SSSR count). The highest BCUT2D eigenvalue weighted by atomic mass is 32.2. The smallest absolute Gasteiger partial charge is 0.262 e. The average molecular weight is 403 g/mol. The van der Waals surface area contributed by atoms with Gasteiger partial charge in [0.25, 0.3) is 5.91 Å². The molecule has 1 aliphatic rings. The predicted molar refractivity (Wildman–Crippen MR) is 109 cm³/mol. The van der Waals surface area contributed by atoms with Crippen molar-refractivity contribution >= 4 is 21.6 Å². The van der Waals surface area contributed by atoms with Crippen LogP contribution in [0.25, 0.3) is 0 Å². The minimum atomic E-state index is -3.55. The van der Waals surface area contributed by atoms with Crippen molar-refractivity contribution in [2.24, 2.45) is 0 Å². The summed E-state index contributed by atoms with van der Waals surface area (Å²) in [5.41, 5.74) is 1.38. The second-order valence-electron chi connectivity index (χ2n) is 6.95. The Hall–Kier alpha value is -2.38. The van der Waals surface area contributed by atoms with Crippen molar-refractivity contribution in [1.29, 1.82) is 0 Å². The first-order valence-corrected chi connectivity index (χ1v) is 11.0. The van der Waals surface area contributed by atoms with E-state index in [-0.39, 0.29) is 17.4 Å². The molecule has 1 aliphatic heterocycles. The van der Waals surface area contributed by atoms with Crippen LogP contribution in [-0.4, -0.2) is 38.3 Å². The van der Waals surface area contributed by atoms with Crippen molar-refractivity contribution in [3.63, 3.8) is 0 Å². The molecular formula is C21H26N2O4S. The molecule has 7 heteroatoms. The Balaban J connectivity index is 1.65. The van der Waals surface area contributed by atoms with Crippen LogP contribution in [0.1, 0.15) is 31.2 Å². The molecule has 0 atom stereocenters. The van der Waals surface area contributed by atoms with Gasteiger partial charge in [0.05, 0.1) is 4.90 Å². The molecule has 0 unspecified atom stereocenters. The fraction of sp³-hybridized carbons (Fsp3) is 0.381. The van der Waals surface area contributed by atoms with Gasteiger partial charge in [0.2, 0.25) is 10.0 Å². The number of carbonyl (C=O) groups is 1. The molecule has 0 aromatic heterocycles. The van der Waals surface area contributed by atoms with E-state index in [9.17, 15) is 13.2 Å². The molecule has 150 valence electrons. The van der Waals surface area contributed by atoms with Crippen LogP contribution in [0, 0.1) is 6.92 Å². The summed E-state index contributed by atoms with van der Waals surface area (Å²) in [5, 5.41) is 2.71. The molecule has 2 aromatic rings. The van der Waals surface area contributed by atoms with E-state index in [0.717, 1.165) is 31.2 Å². The third kappa shape index (κ3) is 5.11. The molecule has 0 saturated carbocycles. The number of sulfonamides is 1. The van der Waals surface area contributed by atoms with Gasteiger partial charge >= 0.3 is 0 Å². The van der Waals surface area contributed by atoms with Crippen molar-refractivity contribution in [3.8, 4) is 5.75 Å². The Morgan fingerprint density at radius 3 is 2.46 bits per heavy atom. The first-order valence-electron chi connectivity index (χ1n) is 9.55. The van der Waals surface area contributed by atoms with Crippen LogP contribution in [0.2, 0.25) is 0 Å². The third-order valence-corrected chi connectivity index (χ3v) is 6.67. The van der Waals surface area contributed by atoms with E-state index in [1.54, 1.807) is 28.6 Å². The van der Waals surface area contributed by atoms with Crippen molar-refractivity contribution in [2.75, 3.05) is 25.0 Å². The standard InChI is InChI=1S/C21H26N2O4S/c1-17-9-4-5-12-20(17)27-16-21(24)22-18-10-8-11-19(15-18)28(25,26)23-13-6-2-3-7-14-23/h4-5,8-12,15H,2-3,6-7,13-14,16H2,1H3,(H,22,24). The highest BCUT2D eigenvalue weighted by molar-refractivity contribution is 7.89. The number of anilines is 1. The summed E-state index contributed by atoms with van der Waals surface area (Å²) < 4.78 is 32.9. The van der Waals surface area contributed by atoms with Crippen LogP contribution in [0.4, 0.5) is 5.69 Å². The fourth-order valence-corrected chi connectivity index (χ4v) is 4.79. The second kappa shape index (κ2) is 9.21. The minimum Gasteiger partial charge on any atom is -0.483 e. The van der Waals surface area contributed by atoms with E-state index < -0.39 is 10.0 Å². The fourth-order valence-electron chi connectivity index (χ4n) is 3.22. The summed E-state index contributed by atoms with van der Waals surface area (Å²) >= 11 is 0. The van der Waals surface area contributed by atoms with Crippen LogP contribution >= 0.6 is 0 Å². The van der Waals surface area contributed by atoms with Crippen LogP contribution in [0.15, 0.2) is 53.4 Å². The lowest BCUT2D eigenvalue weighted by atomic mass is 10.2. The van der Waals surface area contributed by atoms with Gasteiger partial charge in [-0.25, -0.2) is 8.42 Å². The lowest BCUT2D eigenvalue weighted by Crippen LogP contribution is -2.32. The summed E-state index contributed by atoms with van der Waals surface area (Å²) in [5.74, 6) is 0.308. The molecule has 1 saturated heterocycles. The number of hydrogen-bond donors (Lipinski definition) is 1. The lowest BCUT2D eigenvalue weighted by molar-refractivity contribution is -0.118. The number of nitrogens with one attached hydrogen (secondary N) is 1. The zero-order valence-corrected chi connectivity index (χ0v) is 16.9. The number of nitrogens with zero attached hydrogens (tertiary/aromatic N) is 1. The molecule has 0 aliphatic carbocycles. The van der Waals surface area contributed by atoms with Gasteiger partial charge in [0.1, 0.15) is 5.75 Å². The molecule has 1 heterocycles. The minimum absolute atomic E-state index is 0.145. The monoisotopic (exact) mass is 402 g/mol. The maximum Gasteiger partial charge on any atom is 0.262 e. The van der Waals surface area contributed by atoms with Crippen LogP contribution in [0.5, 0.6) is 5.75 Å². The van der Waals surface area contributed by atoms with Gasteiger partial charge in [-0.05, 0) is 49.6 Å². The van der Waals surface area contributed by atoms with Crippen molar-refractivity contribution in [2.45, 2.75) is 37.5 Å². The summed E-state index contributed by atoms with van der Waals surface area (Å²) in [4.78, 5) is 12.4. The molecule has 1 amide bonds. The average Bonchev–Trinajstić information content (AvgIpc) is 2.98. The Bertz CT molecular complexity index is 920. The highest BCUT2D eigenvalue weighted by Gasteiger charge is 2.25. The Kier molecular flexibility index (Phi) is 6.70. The maximum absolute atomic E-state index is 12.9. The van der Waals surface area contributed by atoms with Crippen LogP contribution in [-0.2, 0) is 14.8 Å². The van der Waals surface area contributed by atoms with Crippen LogP contribution < -0.4 is 10.1 Å². The molecule has 28 heavy (non-hydrogen) atoms. The summed E-state index contributed by atoms with van der Waals surface area (Å²) in [7, 11) is -3.55. The Morgan fingerprint density at radius 1 is 1.04 bits per heavy atom. The Morgan fingerprint density at radius 2 is 1.75 bits per heavy atom. The molecule has 1 fully saturated rings. The topological polar surface area (TPSA) is 75.7 Å². The van der Waals surface area contributed by atoms with Crippen LogP contribution in [0.3, 0.4) is 0 Å². The SMILES string of the molecule is Cc1ccccc1OCC(=O)Nc1cccc(S(=O)(=O)N2CCCCCC2)c1.